The number of hydrogen-bond donors (Lipinski definition) is 2. The summed E-state index contributed by atoms with van der Waals surface area (Å²) in [5, 5.41) is 17.8. The predicted molar refractivity (Wildman–Crippen MR) is 113 cm³/mol. The van der Waals surface area contributed by atoms with Crippen molar-refractivity contribution in [2.24, 2.45) is 0 Å². The van der Waals surface area contributed by atoms with Crippen molar-refractivity contribution >= 4 is 0 Å². The van der Waals surface area contributed by atoms with Gasteiger partial charge in [0.15, 0.2) is 0 Å². The van der Waals surface area contributed by atoms with Crippen LogP contribution in [0.15, 0.2) is 48.5 Å². The van der Waals surface area contributed by atoms with Crippen LogP contribution < -0.4 is 9.47 Å². The second-order valence-corrected chi connectivity index (χ2v) is 8.17. The topological polar surface area (TPSA) is 58.9 Å². The summed E-state index contributed by atoms with van der Waals surface area (Å²) in [6.07, 6.45) is 2.04. The lowest BCUT2D eigenvalue weighted by atomic mass is 9.66. The molecule has 0 saturated heterocycles. The molecule has 0 radical (unpaired) electrons. The summed E-state index contributed by atoms with van der Waals surface area (Å²) in [6.45, 7) is 9.78. The molecule has 2 rings (SSSR count). The van der Waals surface area contributed by atoms with Gasteiger partial charge in [-0.15, -0.1) is 0 Å². The van der Waals surface area contributed by atoms with Crippen molar-refractivity contribution < 1.29 is 19.7 Å². The van der Waals surface area contributed by atoms with Crippen LogP contribution in [-0.2, 0) is 10.8 Å². The molecular weight excluding hydrogens is 352 g/mol. The van der Waals surface area contributed by atoms with Crippen molar-refractivity contribution in [3.8, 4) is 11.5 Å². The Kier molecular flexibility index (Phi) is 7.90. The summed E-state index contributed by atoms with van der Waals surface area (Å²) in [4.78, 5) is 0. The van der Waals surface area contributed by atoms with E-state index in [1.54, 1.807) is 0 Å². The Balaban J connectivity index is 2.16. The van der Waals surface area contributed by atoms with E-state index in [2.05, 4.69) is 52.0 Å². The Labute approximate surface area is 169 Å². The van der Waals surface area contributed by atoms with Crippen LogP contribution in [0.3, 0.4) is 0 Å². The zero-order chi connectivity index (χ0) is 20.6. The summed E-state index contributed by atoms with van der Waals surface area (Å²) in [5.41, 5.74) is 2.59. The summed E-state index contributed by atoms with van der Waals surface area (Å²) in [6, 6.07) is 16.4. The fourth-order valence-corrected chi connectivity index (χ4v) is 3.79. The average Bonchev–Trinajstić information content (AvgIpc) is 2.71. The molecule has 2 N–H and O–H groups in total. The SMILES string of the molecule is CCC(C)(CC(C)(C)c1ccc(OCCO)cc1)c1ccc(OCCO)cc1. The third-order valence-electron chi connectivity index (χ3n) is 5.52. The fourth-order valence-electron chi connectivity index (χ4n) is 3.79. The molecule has 4 nitrogen and oxygen atoms in total. The van der Waals surface area contributed by atoms with Crippen LogP contribution in [0, 0.1) is 0 Å². The number of ether oxygens (including phenoxy) is 2. The molecule has 154 valence electrons. The first-order valence-corrected chi connectivity index (χ1v) is 10.0. The van der Waals surface area contributed by atoms with Gasteiger partial charge in [-0.25, -0.2) is 0 Å². The molecule has 0 amide bonds. The van der Waals surface area contributed by atoms with Crippen LogP contribution in [0.5, 0.6) is 11.5 Å². The van der Waals surface area contributed by atoms with Gasteiger partial charge in [0.2, 0.25) is 0 Å². The van der Waals surface area contributed by atoms with E-state index in [0.717, 1.165) is 24.3 Å². The molecule has 0 heterocycles. The van der Waals surface area contributed by atoms with E-state index < -0.39 is 0 Å². The summed E-state index contributed by atoms with van der Waals surface area (Å²) in [7, 11) is 0. The van der Waals surface area contributed by atoms with Gasteiger partial charge in [-0.3, -0.25) is 0 Å². The van der Waals surface area contributed by atoms with Crippen molar-refractivity contribution in [2.75, 3.05) is 26.4 Å². The first-order valence-electron chi connectivity index (χ1n) is 10.0. The van der Waals surface area contributed by atoms with E-state index in [1.807, 2.05) is 24.3 Å². The summed E-state index contributed by atoms with van der Waals surface area (Å²) >= 11 is 0. The maximum Gasteiger partial charge on any atom is 0.119 e. The molecule has 0 aliphatic carbocycles. The maximum atomic E-state index is 8.90. The van der Waals surface area contributed by atoms with Crippen molar-refractivity contribution in [1.82, 2.24) is 0 Å². The lowest BCUT2D eigenvalue weighted by Crippen LogP contribution is -2.31. The Morgan fingerprint density at radius 3 is 1.54 bits per heavy atom. The van der Waals surface area contributed by atoms with Crippen LogP contribution in [0.25, 0.3) is 0 Å². The largest absolute Gasteiger partial charge is 0.491 e. The van der Waals surface area contributed by atoms with E-state index in [-0.39, 0.29) is 24.0 Å². The Morgan fingerprint density at radius 1 is 0.714 bits per heavy atom. The Bertz CT molecular complexity index is 706. The smallest absolute Gasteiger partial charge is 0.119 e. The van der Waals surface area contributed by atoms with E-state index in [1.165, 1.54) is 11.1 Å². The summed E-state index contributed by atoms with van der Waals surface area (Å²) < 4.78 is 11.0. The average molecular weight is 387 g/mol. The minimum atomic E-state index is -0.00761. The molecule has 0 aliphatic heterocycles. The van der Waals surface area contributed by atoms with Gasteiger partial charge < -0.3 is 19.7 Å². The Morgan fingerprint density at radius 2 is 1.14 bits per heavy atom. The van der Waals surface area contributed by atoms with Gasteiger partial charge in [0.25, 0.3) is 0 Å². The highest BCUT2D eigenvalue weighted by atomic mass is 16.5. The molecule has 1 unspecified atom stereocenters. The molecule has 0 saturated carbocycles. The number of benzene rings is 2. The third kappa shape index (κ3) is 5.73. The number of aliphatic hydroxyl groups is 2. The molecular formula is C24H34O4. The molecule has 1 atom stereocenters. The second-order valence-electron chi connectivity index (χ2n) is 8.17. The van der Waals surface area contributed by atoms with Gasteiger partial charge in [-0.2, -0.15) is 0 Å². The van der Waals surface area contributed by atoms with E-state index in [0.29, 0.717) is 13.2 Å². The quantitative estimate of drug-likeness (QED) is 0.598. The first-order chi connectivity index (χ1) is 13.3. The number of hydrogen-bond acceptors (Lipinski definition) is 4. The standard InChI is InChI=1S/C24H34O4/c1-5-24(4,20-8-12-22(13-9-20)28-17-15-26)18-23(2,3)19-6-10-21(11-7-19)27-16-14-25/h6-13,25-26H,5,14-18H2,1-4H3. The van der Waals surface area contributed by atoms with E-state index >= 15 is 0 Å². The van der Waals surface area contributed by atoms with Gasteiger partial charge in [0, 0.05) is 0 Å². The van der Waals surface area contributed by atoms with Crippen LogP contribution in [0.4, 0.5) is 0 Å². The molecule has 2 aromatic rings. The highest BCUT2D eigenvalue weighted by Gasteiger charge is 2.33. The normalized spacial score (nSPS) is 13.8. The second kappa shape index (κ2) is 9.94. The first kappa shape index (κ1) is 22.3. The van der Waals surface area contributed by atoms with Crippen LogP contribution in [-0.4, -0.2) is 36.6 Å². The molecule has 0 aromatic heterocycles. The molecule has 0 spiro atoms. The van der Waals surface area contributed by atoms with Crippen molar-refractivity contribution in [1.29, 1.82) is 0 Å². The predicted octanol–water partition coefficient (Wildman–Crippen LogP) is 4.46. The van der Waals surface area contributed by atoms with Gasteiger partial charge >= 0.3 is 0 Å². The minimum absolute atomic E-state index is 0.00761. The highest BCUT2D eigenvalue weighted by Crippen LogP contribution is 2.41. The zero-order valence-corrected chi connectivity index (χ0v) is 17.6. The maximum absolute atomic E-state index is 8.90. The zero-order valence-electron chi connectivity index (χ0n) is 17.6. The van der Waals surface area contributed by atoms with E-state index in [9.17, 15) is 0 Å². The van der Waals surface area contributed by atoms with Crippen molar-refractivity contribution in [3.05, 3.63) is 59.7 Å². The fraction of sp³-hybridized carbons (Fsp3) is 0.500. The lowest BCUT2D eigenvalue weighted by Gasteiger charge is -2.38. The Hall–Kier alpha value is -2.04. The number of aliphatic hydroxyl groups excluding tert-OH is 2. The summed E-state index contributed by atoms with van der Waals surface area (Å²) in [5.74, 6) is 1.57. The van der Waals surface area contributed by atoms with Crippen molar-refractivity contribution in [2.45, 2.75) is 51.4 Å². The van der Waals surface area contributed by atoms with Gasteiger partial charge in [-0.1, -0.05) is 52.0 Å². The molecule has 0 bridgehead atoms. The molecule has 2 aromatic carbocycles. The highest BCUT2D eigenvalue weighted by molar-refractivity contribution is 5.35. The van der Waals surface area contributed by atoms with E-state index in [4.69, 9.17) is 19.7 Å². The van der Waals surface area contributed by atoms with Crippen molar-refractivity contribution in [3.63, 3.8) is 0 Å². The number of rotatable bonds is 11. The molecule has 0 aliphatic rings. The minimum Gasteiger partial charge on any atom is -0.491 e. The third-order valence-corrected chi connectivity index (χ3v) is 5.52. The molecule has 4 heteroatoms. The van der Waals surface area contributed by atoms with Crippen LogP contribution >= 0.6 is 0 Å². The van der Waals surface area contributed by atoms with Gasteiger partial charge in [-0.05, 0) is 59.1 Å². The van der Waals surface area contributed by atoms with Gasteiger partial charge in [0.1, 0.15) is 24.7 Å². The monoisotopic (exact) mass is 386 g/mol. The van der Waals surface area contributed by atoms with Gasteiger partial charge in [0.05, 0.1) is 13.2 Å². The lowest BCUT2D eigenvalue weighted by molar-refractivity contribution is 0.201. The van der Waals surface area contributed by atoms with Crippen LogP contribution in [0.2, 0.25) is 0 Å². The molecule has 0 fully saturated rings. The molecule has 28 heavy (non-hydrogen) atoms. The van der Waals surface area contributed by atoms with Crippen LogP contribution in [0.1, 0.15) is 51.7 Å².